The Morgan fingerprint density at radius 1 is 0.862 bits per heavy atom. The third-order valence-corrected chi connectivity index (χ3v) is 5.16. The van der Waals surface area contributed by atoms with Gasteiger partial charge < -0.3 is 4.74 Å². The highest BCUT2D eigenvalue weighted by atomic mass is 19.4. The third-order valence-electron chi connectivity index (χ3n) is 5.16. The molecule has 0 spiro atoms. The highest BCUT2D eigenvalue weighted by Gasteiger charge is 2.30. The molecule has 0 fully saturated rings. The number of halogens is 3. The van der Waals surface area contributed by atoms with Crippen LogP contribution in [0.2, 0.25) is 0 Å². The van der Waals surface area contributed by atoms with Crippen molar-refractivity contribution < 1.29 is 22.7 Å². The van der Waals surface area contributed by atoms with Gasteiger partial charge in [0.15, 0.2) is 5.78 Å². The summed E-state index contributed by atoms with van der Waals surface area (Å²) in [6, 6.07) is 20.3. The maximum Gasteiger partial charge on any atom is 0.416 e. The molecule has 0 radical (unpaired) electrons. The number of hydrogen-bond acceptors (Lipinski definition) is 2. The topological polar surface area (TPSA) is 26.3 Å². The number of alkyl halides is 3. The van der Waals surface area contributed by atoms with Crippen LogP contribution in [0.25, 0.3) is 11.1 Å². The average Bonchev–Trinajstić information content (AvgIpc) is 2.73. The Morgan fingerprint density at radius 2 is 1.62 bits per heavy atom. The molecule has 4 rings (SSSR count). The lowest BCUT2D eigenvalue weighted by molar-refractivity contribution is -0.137. The highest BCUT2D eigenvalue weighted by molar-refractivity contribution is 5.86. The molecule has 29 heavy (non-hydrogen) atoms. The number of Topliss-reactive ketones (excluding diaryl/α,β-unsaturated/α-hetero) is 1. The molecule has 3 aromatic rings. The van der Waals surface area contributed by atoms with Crippen LogP contribution in [0.5, 0.6) is 0 Å². The van der Waals surface area contributed by atoms with E-state index < -0.39 is 17.8 Å². The third kappa shape index (κ3) is 4.25. The number of rotatable bonds is 4. The first-order chi connectivity index (χ1) is 13.9. The van der Waals surface area contributed by atoms with Crippen molar-refractivity contribution in [2.75, 3.05) is 0 Å². The molecule has 1 unspecified atom stereocenters. The van der Waals surface area contributed by atoms with E-state index in [1.165, 1.54) is 12.1 Å². The fourth-order valence-electron chi connectivity index (χ4n) is 3.63. The second kappa shape index (κ2) is 7.84. The van der Waals surface area contributed by atoms with Gasteiger partial charge in [0.1, 0.15) is 6.10 Å². The Labute approximate surface area is 167 Å². The molecule has 0 saturated heterocycles. The van der Waals surface area contributed by atoms with Gasteiger partial charge in [-0.25, -0.2) is 0 Å². The predicted octanol–water partition coefficient (Wildman–Crippen LogP) is 6.15. The van der Waals surface area contributed by atoms with Gasteiger partial charge in [0.2, 0.25) is 0 Å². The Kier molecular flexibility index (Phi) is 5.24. The number of carbonyl (C=O) groups is 1. The quantitative estimate of drug-likeness (QED) is 0.529. The van der Waals surface area contributed by atoms with Crippen LogP contribution in [0.15, 0.2) is 72.8 Å². The molecule has 0 saturated carbocycles. The highest BCUT2D eigenvalue weighted by Crippen LogP contribution is 2.32. The molecule has 1 atom stereocenters. The lowest BCUT2D eigenvalue weighted by atomic mass is 9.88. The largest absolute Gasteiger partial charge is 0.416 e. The van der Waals surface area contributed by atoms with Crippen molar-refractivity contribution in [2.24, 2.45) is 0 Å². The summed E-state index contributed by atoms with van der Waals surface area (Å²) in [5.74, 6) is 0.0718. The standard InChI is InChI=1S/C24H19F3O2/c25-24(26,27)20-11-8-17(9-12-20)19-6-3-4-16(14-19)15-29-23-21-7-2-1-5-18(21)10-13-22(23)28/h1-9,11-12,14,23H,10,13,15H2. The van der Waals surface area contributed by atoms with E-state index in [1.54, 1.807) is 0 Å². The molecule has 0 aliphatic heterocycles. The Bertz CT molecular complexity index is 1020. The van der Waals surface area contributed by atoms with Crippen molar-refractivity contribution >= 4 is 5.78 Å². The molecular weight excluding hydrogens is 377 g/mol. The number of hydrogen-bond donors (Lipinski definition) is 0. The molecule has 0 amide bonds. The molecule has 0 N–H and O–H groups in total. The van der Waals surface area contributed by atoms with Gasteiger partial charge in [-0.2, -0.15) is 13.2 Å². The molecule has 5 heteroatoms. The number of carbonyl (C=O) groups excluding carboxylic acids is 1. The molecule has 0 aromatic heterocycles. The summed E-state index contributed by atoms with van der Waals surface area (Å²) in [6.07, 6.45) is -3.72. The fourth-order valence-corrected chi connectivity index (χ4v) is 3.63. The molecule has 2 nitrogen and oxygen atoms in total. The molecule has 1 aliphatic rings. The lowest BCUT2D eigenvalue weighted by Crippen LogP contribution is -2.22. The molecular formula is C24H19F3O2. The Balaban J connectivity index is 1.51. The minimum Gasteiger partial charge on any atom is -0.361 e. The summed E-state index contributed by atoms with van der Waals surface area (Å²) in [5.41, 5.74) is 3.74. The van der Waals surface area contributed by atoms with E-state index in [-0.39, 0.29) is 12.4 Å². The molecule has 1 aliphatic carbocycles. The second-order valence-electron chi connectivity index (χ2n) is 7.13. The van der Waals surface area contributed by atoms with Gasteiger partial charge in [-0.3, -0.25) is 4.79 Å². The summed E-state index contributed by atoms with van der Waals surface area (Å²) >= 11 is 0. The molecule has 3 aromatic carbocycles. The van der Waals surface area contributed by atoms with Crippen LogP contribution in [0.4, 0.5) is 13.2 Å². The monoisotopic (exact) mass is 396 g/mol. The summed E-state index contributed by atoms with van der Waals surface area (Å²) in [5, 5.41) is 0. The average molecular weight is 396 g/mol. The Morgan fingerprint density at radius 3 is 2.38 bits per heavy atom. The van der Waals surface area contributed by atoms with Gasteiger partial charge in [-0.15, -0.1) is 0 Å². The van der Waals surface area contributed by atoms with Crippen molar-refractivity contribution in [3.8, 4) is 11.1 Å². The zero-order valence-corrected chi connectivity index (χ0v) is 15.6. The first-order valence-corrected chi connectivity index (χ1v) is 9.40. The van der Waals surface area contributed by atoms with E-state index in [0.717, 1.165) is 40.8 Å². The van der Waals surface area contributed by atoms with Crippen LogP contribution in [0.1, 0.15) is 34.8 Å². The van der Waals surface area contributed by atoms with Gasteiger partial charge in [0.05, 0.1) is 12.2 Å². The summed E-state index contributed by atoms with van der Waals surface area (Å²) in [4.78, 5) is 12.4. The van der Waals surface area contributed by atoms with Gasteiger partial charge in [-0.1, -0.05) is 54.6 Å². The zero-order chi connectivity index (χ0) is 20.4. The van der Waals surface area contributed by atoms with Crippen LogP contribution in [0.3, 0.4) is 0 Å². The van der Waals surface area contributed by atoms with Gasteiger partial charge >= 0.3 is 6.18 Å². The number of aryl methyl sites for hydroxylation is 1. The fraction of sp³-hybridized carbons (Fsp3) is 0.208. The normalized spacial score (nSPS) is 16.5. The van der Waals surface area contributed by atoms with E-state index in [0.29, 0.717) is 12.0 Å². The van der Waals surface area contributed by atoms with Gasteiger partial charge in [-0.05, 0) is 52.4 Å². The Hall–Kier alpha value is -2.92. The summed E-state index contributed by atoms with van der Waals surface area (Å²) in [7, 11) is 0. The van der Waals surface area contributed by atoms with Crippen molar-refractivity contribution in [1.82, 2.24) is 0 Å². The smallest absolute Gasteiger partial charge is 0.361 e. The van der Waals surface area contributed by atoms with Crippen molar-refractivity contribution in [2.45, 2.75) is 31.7 Å². The minimum absolute atomic E-state index is 0.0718. The zero-order valence-electron chi connectivity index (χ0n) is 15.6. The number of fused-ring (bicyclic) bond motifs is 1. The van der Waals surface area contributed by atoms with Crippen molar-refractivity contribution in [1.29, 1.82) is 0 Å². The molecule has 0 heterocycles. The van der Waals surface area contributed by atoms with E-state index in [4.69, 9.17) is 4.74 Å². The summed E-state index contributed by atoms with van der Waals surface area (Å²) in [6.45, 7) is 0.249. The number of ketones is 1. The maximum absolute atomic E-state index is 12.8. The van der Waals surface area contributed by atoms with E-state index >= 15 is 0 Å². The molecule has 148 valence electrons. The SMILES string of the molecule is O=C1CCc2ccccc2C1OCc1cccc(-c2ccc(C(F)(F)F)cc2)c1. The van der Waals surface area contributed by atoms with E-state index in [9.17, 15) is 18.0 Å². The van der Waals surface area contributed by atoms with Crippen LogP contribution < -0.4 is 0 Å². The van der Waals surface area contributed by atoms with Crippen LogP contribution in [-0.4, -0.2) is 5.78 Å². The van der Waals surface area contributed by atoms with Crippen LogP contribution >= 0.6 is 0 Å². The van der Waals surface area contributed by atoms with Crippen molar-refractivity contribution in [3.05, 3.63) is 95.1 Å². The van der Waals surface area contributed by atoms with Gasteiger partial charge in [0, 0.05) is 6.42 Å². The van der Waals surface area contributed by atoms with E-state index in [2.05, 4.69) is 0 Å². The predicted molar refractivity (Wildman–Crippen MR) is 104 cm³/mol. The van der Waals surface area contributed by atoms with E-state index in [1.807, 2.05) is 48.5 Å². The lowest BCUT2D eigenvalue weighted by Gasteiger charge is -2.24. The maximum atomic E-state index is 12.8. The van der Waals surface area contributed by atoms with Crippen LogP contribution in [0, 0.1) is 0 Å². The van der Waals surface area contributed by atoms with Gasteiger partial charge in [0.25, 0.3) is 0 Å². The number of benzene rings is 3. The first-order valence-electron chi connectivity index (χ1n) is 9.40. The minimum atomic E-state index is -4.35. The first kappa shape index (κ1) is 19.4. The second-order valence-corrected chi connectivity index (χ2v) is 7.13. The number of ether oxygens (including phenoxy) is 1. The van der Waals surface area contributed by atoms with Crippen LogP contribution in [-0.2, 0) is 28.7 Å². The molecule has 0 bridgehead atoms. The summed E-state index contributed by atoms with van der Waals surface area (Å²) < 4.78 is 44.2. The van der Waals surface area contributed by atoms with Crippen molar-refractivity contribution in [3.63, 3.8) is 0 Å².